The molecule has 4 aromatic rings. The molecule has 158 valence electrons. The number of carbonyl (C=O) groups is 1. The van der Waals surface area contributed by atoms with Crippen LogP contribution in [-0.4, -0.2) is 30.0 Å². The number of fused-ring (bicyclic) bond motifs is 1. The average Bonchev–Trinajstić information content (AvgIpc) is 3.14. The third-order valence-electron chi connectivity index (χ3n) is 4.34. The third kappa shape index (κ3) is 5.44. The van der Waals surface area contributed by atoms with E-state index in [1.807, 2.05) is 53.2 Å². The second-order valence-corrected chi connectivity index (χ2v) is 9.66. The number of aromatic nitrogens is 2. The molecule has 0 atom stereocenters. The van der Waals surface area contributed by atoms with Crippen molar-refractivity contribution in [3.63, 3.8) is 0 Å². The van der Waals surface area contributed by atoms with Crippen LogP contribution in [0.5, 0.6) is 0 Å². The highest BCUT2D eigenvalue weighted by Gasteiger charge is 2.13. The molecule has 0 saturated heterocycles. The molecule has 4 rings (SSSR count). The standard InChI is InChI=1S/C22H20N4O3S2/c1-31(28,29)25-17-8-6-7-16(13-17)24-22(27)19-9-2-3-10-20(19)30-15-18-14-26-12-5-4-11-21(26)23-18/h2-14,25H,15H2,1H3,(H,24,27). The topological polar surface area (TPSA) is 92.6 Å². The Morgan fingerprint density at radius 3 is 2.61 bits per heavy atom. The minimum atomic E-state index is -3.40. The molecule has 0 aliphatic heterocycles. The predicted molar refractivity (Wildman–Crippen MR) is 124 cm³/mol. The van der Waals surface area contributed by atoms with Gasteiger partial charge in [-0.15, -0.1) is 11.8 Å². The second-order valence-electron chi connectivity index (χ2n) is 6.89. The maximum absolute atomic E-state index is 12.9. The van der Waals surface area contributed by atoms with E-state index in [0.29, 0.717) is 22.7 Å². The molecule has 2 N–H and O–H groups in total. The Kier molecular flexibility index (Phi) is 5.97. The van der Waals surface area contributed by atoms with E-state index in [9.17, 15) is 13.2 Å². The van der Waals surface area contributed by atoms with Gasteiger partial charge in [-0.05, 0) is 42.5 Å². The van der Waals surface area contributed by atoms with Crippen LogP contribution in [0.15, 0.2) is 84.0 Å². The molecule has 0 bridgehead atoms. The summed E-state index contributed by atoms with van der Waals surface area (Å²) >= 11 is 1.54. The minimum Gasteiger partial charge on any atom is -0.322 e. The summed E-state index contributed by atoms with van der Waals surface area (Å²) < 4.78 is 27.2. The number of sulfonamides is 1. The molecule has 0 radical (unpaired) electrons. The molecule has 0 spiro atoms. The van der Waals surface area contributed by atoms with Crippen molar-refractivity contribution in [2.24, 2.45) is 0 Å². The van der Waals surface area contributed by atoms with Crippen molar-refractivity contribution in [3.05, 3.63) is 90.4 Å². The highest BCUT2D eigenvalue weighted by atomic mass is 32.2. The van der Waals surface area contributed by atoms with E-state index in [2.05, 4.69) is 15.0 Å². The first-order valence-corrected chi connectivity index (χ1v) is 12.3. The fraction of sp³-hybridized carbons (Fsp3) is 0.0909. The lowest BCUT2D eigenvalue weighted by Gasteiger charge is -2.11. The summed E-state index contributed by atoms with van der Waals surface area (Å²) in [5.74, 6) is 0.356. The Hall–Kier alpha value is -3.30. The molecule has 2 aromatic heterocycles. The quantitative estimate of drug-likeness (QED) is 0.409. The normalized spacial score (nSPS) is 11.4. The molecule has 2 heterocycles. The van der Waals surface area contributed by atoms with Crippen LogP contribution >= 0.6 is 11.8 Å². The van der Waals surface area contributed by atoms with E-state index < -0.39 is 10.0 Å². The summed E-state index contributed by atoms with van der Waals surface area (Å²) in [7, 11) is -3.40. The summed E-state index contributed by atoms with van der Waals surface area (Å²) in [5.41, 5.74) is 3.23. The number of amides is 1. The first-order chi connectivity index (χ1) is 14.9. The Bertz CT molecular complexity index is 1320. The van der Waals surface area contributed by atoms with E-state index in [-0.39, 0.29) is 5.91 Å². The number of pyridine rings is 1. The van der Waals surface area contributed by atoms with Gasteiger partial charge in [-0.1, -0.05) is 24.3 Å². The van der Waals surface area contributed by atoms with Crippen molar-refractivity contribution in [2.75, 3.05) is 16.3 Å². The molecule has 9 heteroatoms. The average molecular weight is 453 g/mol. The lowest BCUT2D eigenvalue weighted by molar-refractivity contribution is 0.102. The summed E-state index contributed by atoms with van der Waals surface area (Å²) in [4.78, 5) is 18.3. The van der Waals surface area contributed by atoms with E-state index >= 15 is 0 Å². The number of thioether (sulfide) groups is 1. The van der Waals surface area contributed by atoms with Crippen molar-refractivity contribution in [1.29, 1.82) is 0 Å². The zero-order valence-electron chi connectivity index (χ0n) is 16.6. The number of nitrogens with zero attached hydrogens (tertiary/aromatic N) is 2. The van der Waals surface area contributed by atoms with Crippen LogP contribution in [0.4, 0.5) is 11.4 Å². The van der Waals surface area contributed by atoms with Crippen molar-refractivity contribution in [1.82, 2.24) is 9.38 Å². The first-order valence-electron chi connectivity index (χ1n) is 9.41. The number of nitrogens with one attached hydrogen (secondary N) is 2. The van der Waals surface area contributed by atoms with Crippen LogP contribution in [0.2, 0.25) is 0 Å². The van der Waals surface area contributed by atoms with Gasteiger partial charge in [0, 0.05) is 28.7 Å². The first kappa shape index (κ1) is 21.0. The maximum Gasteiger partial charge on any atom is 0.256 e. The van der Waals surface area contributed by atoms with Gasteiger partial charge in [0.15, 0.2) is 0 Å². The lowest BCUT2D eigenvalue weighted by Crippen LogP contribution is -2.14. The van der Waals surface area contributed by atoms with Gasteiger partial charge in [-0.2, -0.15) is 0 Å². The number of imidazole rings is 1. The predicted octanol–water partition coefficient (Wildman–Crippen LogP) is 4.25. The maximum atomic E-state index is 12.9. The molecule has 31 heavy (non-hydrogen) atoms. The van der Waals surface area contributed by atoms with Crippen molar-refractivity contribution in [2.45, 2.75) is 10.6 Å². The van der Waals surface area contributed by atoms with Crippen LogP contribution in [0.1, 0.15) is 16.1 Å². The summed E-state index contributed by atoms with van der Waals surface area (Å²) in [6, 6.07) is 19.8. The van der Waals surface area contributed by atoms with E-state index in [0.717, 1.165) is 22.5 Å². The highest BCUT2D eigenvalue weighted by molar-refractivity contribution is 7.98. The van der Waals surface area contributed by atoms with Gasteiger partial charge < -0.3 is 9.72 Å². The molecule has 1 amide bonds. The summed E-state index contributed by atoms with van der Waals surface area (Å²) in [5, 5.41) is 2.84. The zero-order chi connectivity index (χ0) is 21.8. The number of hydrogen-bond acceptors (Lipinski definition) is 5. The molecular formula is C22H20N4O3S2. The molecule has 0 aliphatic rings. The monoisotopic (exact) mass is 452 g/mol. The van der Waals surface area contributed by atoms with E-state index in [1.165, 1.54) is 11.8 Å². The van der Waals surface area contributed by atoms with Crippen molar-refractivity contribution >= 4 is 44.7 Å². The largest absolute Gasteiger partial charge is 0.322 e. The minimum absolute atomic E-state index is 0.269. The Labute approximate surface area is 184 Å². The fourth-order valence-corrected chi connectivity index (χ4v) is 4.55. The number of rotatable bonds is 7. The van der Waals surface area contributed by atoms with Crippen LogP contribution in [0, 0.1) is 0 Å². The Morgan fingerprint density at radius 2 is 1.81 bits per heavy atom. The highest BCUT2D eigenvalue weighted by Crippen LogP contribution is 2.27. The van der Waals surface area contributed by atoms with Crippen LogP contribution in [-0.2, 0) is 15.8 Å². The van der Waals surface area contributed by atoms with E-state index in [1.54, 1.807) is 30.3 Å². The van der Waals surface area contributed by atoms with Gasteiger partial charge in [0.1, 0.15) is 5.65 Å². The van der Waals surface area contributed by atoms with Gasteiger partial charge in [0.05, 0.1) is 23.2 Å². The fourth-order valence-electron chi connectivity index (χ4n) is 3.06. The number of carbonyl (C=O) groups excluding carboxylic acids is 1. The van der Waals surface area contributed by atoms with Gasteiger partial charge in [-0.25, -0.2) is 13.4 Å². The second kappa shape index (κ2) is 8.83. The molecule has 0 fully saturated rings. The zero-order valence-corrected chi connectivity index (χ0v) is 18.3. The smallest absolute Gasteiger partial charge is 0.256 e. The van der Waals surface area contributed by atoms with Gasteiger partial charge in [-0.3, -0.25) is 9.52 Å². The van der Waals surface area contributed by atoms with Crippen molar-refractivity contribution in [3.8, 4) is 0 Å². The molecule has 0 aliphatic carbocycles. The molecule has 2 aromatic carbocycles. The Balaban J connectivity index is 1.48. The Morgan fingerprint density at radius 1 is 1.03 bits per heavy atom. The van der Waals surface area contributed by atoms with Crippen LogP contribution in [0.3, 0.4) is 0 Å². The van der Waals surface area contributed by atoms with Crippen molar-refractivity contribution < 1.29 is 13.2 Å². The number of hydrogen-bond donors (Lipinski definition) is 2. The number of benzene rings is 2. The number of anilines is 2. The third-order valence-corrected chi connectivity index (χ3v) is 6.06. The van der Waals surface area contributed by atoms with Crippen LogP contribution in [0.25, 0.3) is 5.65 Å². The van der Waals surface area contributed by atoms with Gasteiger partial charge >= 0.3 is 0 Å². The molecule has 7 nitrogen and oxygen atoms in total. The summed E-state index contributed by atoms with van der Waals surface area (Å²) in [6.07, 6.45) is 5.00. The molecule has 0 unspecified atom stereocenters. The lowest BCUT2D eigenvalue weighted by atomic mass is 10.2. The van der Waals surface area contributed by atoms with Gasteiger partial charge in [0.2, 0.25) is 10.0 Å². The summed E-state index contributed by atoms with van der Waals surface area (Å²) in [6.45, 7) is 0. The van der Waals surface area contributed by atoms with E-state index in [4.69, 9.17) is 0 Å². The molecular weight excluding hydrogens is 432 g/mol. The molecule has 0 saturated carbocycles. The SMILES string of the molecule is CS(=O)(=O)Nc1cccc(NC(=O)c2ccccc2SCc2cn3ccccc3n2)c1. The van der Waals surface area contributed by atoms with Crippen LogP contribution < -0.4 is 10.0 Å². The van der Waals surface area contributed by atoms with Gasteiger partial charge in [0.25, 0.3) is 5.91 Å².